The summed E-state index contributed by atoms with van der Waals surface area (Å²) in [6, 6.07) is 8.00. The summed E-state index contributed by atoms with van der Waals surface area (Å²) >= 11 is 7.72. The topological polar surface area (TPSA) is 40.5 Å². The third kappa shape index (κ3) is 4.60. The molecule has 0 aromatic heterocycles. The predicted molar refractivity (Wildman–Crippen MR) is 117 cm³/mol. The zero-order valence-electron chi connectivity index (χ0n) is 16.1. The van der Waals surface area contributed by atoms with E-state index in [-0.39, 0.29) is 5.37 Å². The lowest BCUT2D eigenvalue weighted by Crippen LogP contribution is -2.39. The Hall–Kier alpha value is -1.39. The lowest BCUT2D eigenvalue weighted by Gasteiger charge is -2.36. The molecular formula is C23H28ClNO2S. The third-order valence-corrected chi connectivity index (χ3v) is 8.11. The fourth-order valence-electron chi connectivity index (χ4n) is 5.11. The number of carboxylic acids is 1. The van der Waals surface area contributed by atoms with Crippen molar-refractivity contribution >= 4 is 29.3 Å². The van der Waals surface area contributed by atoms with E-state index in [1.807, 2.05) is 18.2 Å². The zero-order valence-corrected chi connectivity index (χ0v) is 17.7. The minimum Gasteiger partial charge on any atom is -0.478 e. The number of halogens is 1. The fraction of sp³-hybridized carbons (Fsp3) is 0.522. The molecule has 1 aromatic rings. The van der Waals surface area contributed by atoms with Crippen molar-refractivity contribution in [1.82, 2.24) is 4.90 Å². The van der Waals surface area contributed by atoms with E-state index in [1.165, 1.54) is 31.2 Å². The van der Waals surface area contributed by atoms with Crippen LogP contribution in [0.15, 0.2) is 48.2 Å². The second-order valence-electron chi connectivity index (χ2n) is 8.35. The largest absolute Gasteiger partial charge is 0.478 e. The number of aryl methyl sites for hydroxylation is 1. The number of hydrogen-bond donors (Lipinski definition) is 1. The molecule has 2 fully saturated rings. The van der Waals surface area contributed by atoms with Crippen molar-refractivity contribution in [2.45, 2.75) is 43.9 Å². The van der Waals surface area contributed by atoms with Crippen molar-refractivity contribution in [1.29, 1.82) is 0 Å². The summed E-state index contributed by atoms with van der Waals surface area (Å²) in [4.78, 5) is 14.1. The second-order valence-corrected chi connectivity index (χ2v) is 9.98. The van der Waals surface area contributed by atoms with Crippen LogP contribution in [-0.2, 0) is 11.2 Å². The maximum atomic E-state index is 11.8. The van der Waals surface area contributed by atoms with Crippen LogP contribution in [0.25, 0.3) is 0 Å². The molecule has 1 aliphatic heterocycles. The molecule has 28 heavy (non-hydrogen) atoms. The van der Waals surface area contributed by atoms with Gasteiger partial charge < -0.3 is 10.0 Å². The van der Waals surface area contributed by atoms with Crippen LogP contribution in [0.4, 0.5) is 0 Å². The van der Waals surface area contributed by atoms with Crippen molar-refractivity contribution in [2.75, 3.05) is 12.3 Å². The molecule has 4 atom stereocenters. The Morgan fingerprint density at radius 1 is 1.21 bits per heavy atom. The first-order valence-electron chi connectivity index (χ1n) is 10.3. The number of hydrogen-bond acceptors (Lipinski definition) is 3. The van der Waals surface area contributed by atoms with Gasteiger partial charge in [-0.2, -0.15) is 0 Å². The molecule has 3 aliphatic rings. The van der Waals surface area contributed by atoms with Crippen LogP contribution in [0.3, 0.4) is 0 Å². The van der Waals surface area contributed by atoms with Gasteiger partial charge in [-0.3, -0.25) is 0 Å². The SMILES string of the molecule is O=C(O)C1=CC=CN(CC2CC3CCC2C3)C1SCCCc1ccc(Cl)cc1. The Bertz CT molecular complexity index is 760. The van der Waals surface area contributed by atoms with Crippen LogP contribution in [0.2, 0.25) is 5.02 Å². The smallest absolute Gasteiger partial charge is 0.334 e. The molecule has 1 heterocycles. The number of fused-ring (bicyclic) bond motifs is 2. The van der Waals surface area contributed by atoms with Gasteiger partial charge >= 0.3 is 5.97 Å². The van der Waals surface area contributed by atoms with Crippen LogP contribution in [0.5, 0.6) is 0 Å². The molecule has 2 aliphatic carbocycles. The summed E-state index contributed by atoms with van der Waals surface area (Å²) < 4.78 is 0. The molecule has 3 nitrogen and oxygen atoms in total. The number of carbonyl (C=O) groups is 1. The summed E-state index contributed by atoms with van der Waals surface area (Å²) in [6.07, 6.45) is 13.3. The van der Waals surface area contributed by atoms with E-state index < -0.39 is 5.97 Å². The van der Waals surface area contributed by atoms with Gasteiger partial charge in [0.25, 0.3) is 0 Å². The lowest BCUT2D eigenvalue weighted by molar-refractivity contribution is -0.133. The van der Waals surface area contributed by atoms with Gasteiger partial charge in [-0.15, -0.1) is 11.8 Å². The van der Waals surface area contributed by atoms with Gasteiger partial charge in [0.15, 0.2) is 0 Å². The summed E-state index contributed by atoms with van der Waals surface area (Å²) in [6.45, 7) is 0.997. The Morgan fingerprint density at radius 2 is 2.04 bits per heavy atom. The minimum absolute atomic E-state index is 0.0770. The van der Waals surface area contributed by atoms with Crippen molar-refractivity contribution < 1.29 is 9.90 Å². The quantitative estimate of drug-likeness (QED) is 0.558. The van der Waals surface area contributed by atoms with Crippen molar-refractivity contribution in [2.24, 2.45) is 17.8 Å². The highest BCUT2D eigenvalue weighted by molar-refractivity contribution is 8.00. The van der Waals surface area contributed by atoms with Crippen LogP contribution >= 0.6 is 23.4 Å². The molecule has 0 saturated heterocycles. The van der Waals surface area contributed by atoms with Gasteiger partial charge in [0.2, 0.25) is 0 Å². The highest BCUT2D eigenvalue weighted by atomic mass is 35.5. The van der Waals surface area contributed by atoms with E-state index >= 15 is 0 Å². The molecular weight excluding hydrogens is 390 g/mol. The van der Waals surface area contributed by atoms with Crippen molar-refractivity contribution in [3.63, 3.8) is 0 Å². The molecule has 0 amide bonds. The van der Waals surface area contributed by atoms with E-state index in [1.54, 1.807) is 17.8 Å². The summed E-state index contributed by atoms with van der Waals surface area (Å²) in [5, 5.41) is 10.4. The standard InChI is InChI=1S/C23H28ClNO2S/c24-20-9-6-16(7-10-20)3-2-12-28-22-21(23(26)27)4-1-11-25(22)15-19-14-17-5-8-18(19)13-17/h1,4,6-7,9-11,17-19,22H,2-3,5,8,12-15H2,(H,26,27). The fourth-order valence-corrected chi connectivity index (χ4v) is 6.48. The number of rotatable bonds is 8. The predicted octanol–water partition coefficient (Wildman–Crippen LogP) is 5.61. The summed E-state index contributed by atoms with van der Waals surface area (Å²) in [5.74, 6) is 2.65. The van der Waals surface area contributed by atoms with Crippen LogP contribution in [0, 0.1) is 17.8 Å². The lowest BCUT2D eigenvalue weighted by atomic mass is 9.88. The molecule has 0 radical (unpaired) electrons. The Kier molecular flexibility index (Phi) is 6.37. The maximum Gasteiger partial charge on any atom is 0.334 e. The van der Waals surface area contributed by atoms with Gasteiger partial charge in [-0.25, -0.2) is 4.79 Å². The van der Waals surface area contributed by atoms with Crippen LogP contribution in [-0.4, -0.2) is 33.6 Å². The Labute approximate surface area is 176 Å². The zero-order chi connectivity index (χ0) is 19.5. The third-order valence-electron chi connectivity index (χ3n) is 6.50. The number of allylic oxidation sites excluding steroid dienone is 2. The van der Waals surface area contributed by atoms with E-state index in [2.05, 4.69) is 23.2 Å². The maximum absolute atomic E-state index is 11.8. The number of thioether (sulfide) groups is 1. The normalized spacial score (nSPS) is 28.6. The molecule has 4 rings (SSSR count). The monoisotopic (exact) mass is 417 g/mol. The Balaban J connectivity index is 1.34. The van der Waals surface area contributed by atoms with Gasteiger partial charge in [-0.1, -0.05) is 30.2 Å². The highest BCUT2D eigenvalue weighted by Crippen LogP contribution is 2.49. The molecule has 2 saturated carbocycles. The number of benzene rings is 1. The molecule has 150 valence electrons. The Morgan fingerprint density at radius 3 is 2.71 bits per heavy atom. The average molecular weight is 418 g/mol. The molecule has 2 bridgehead atoms. The molecule has 4 unspecified atom stereocenters. The van der Waals surface area contributed by atoms with E-state index in [0.29, 0.717) is 5.57 Å². The summed E-state index contributed by atoms with van der Waals surface area (Å²) in [5.41, 5.74) is 1.79. The number of nitrogens with zero attached hydrogens (tertiary/aromatic N) is 1. The first-order chi connectivity index (χ1) is 13.6. The first kappa shape index (κ1) is 19.9. The first-order valence-corrected chi connectivity index (χ1v) is 11.8. The molecule has 0 spiro atoms. The van der Waals surface area contributed by atoms with E-state index in [0.717, 1.165) is 47.9 Å². The van der Waals surface area contributed by atoms with Crippen molar-refractivity contribution in [3.8, 4) is 0 Å². The summed E-state index contributed by atoms with van der Waals surface area (Å²) in [7, 11) is 0. The second kappa shape index (κ2) is 8.96. The minimum atomic E-state index is -0.794. The van der Waals surface area contributed by atoms with Gasteiger partial charge in [0, 0.05) is 17.8 Å². The number of carboxylic acid groups (broad SMARTS) is 1. The highest BCUT2D eigenvalue weighted by Gasteiger charge is 2.41. The number of aliphatic carboxylic acids is 1. The molecule has 1 aromatic carbocycles. The molecule has 5 heteroatoms. The van der Waals surface area contributed by atoms with E-state index in [9.17, 15) is 9.90 Å². The average Bonchev–Trinajstić information content (AvgIpc) is 3.30. The van der Waals surface area contributed by atoms with Gasteiger partial charge in [-0.05, 0) is 85.5 Å². The van der Waals surface area contributed by atoms with Gasteiger partial charge in [0.05, 0.1) is 5.57 Å². The van der Waals surface area contributed by atoms with E-state index in [4.69, 9.17) is 11.6 Å². The van der Waals surface area contributed by atoms with Gasteiger partial charge in [0.1, 0.15) is 5.37 Å². The van der Waals surface area contributed by atoms with Crippen LogP contribution in [0.1, 0.15) is 37.7 Å². The van der Waals surface area contributed by atoms with Crippen LogP contribution < -0.4 is 0 Å². The van der Waals surface area contributed by atoms with Crippen molar-refractivity contribution in [3.05, 3.63) is 58.8 Å². The molecule has 1 N–H and O–H groups in total.